The first-order valence-electron chi connectivity index (χ1n) is 19.7. The van der Waals surface area contributed by atoms with Crippen molar-refractivity contribution in [2.75, 3.05) is 32.7 Å². The predicted molar refractivity (Wildman–Crippen MR) is 210 cm³/mol. The molecule has 16 N–H and O–H groups in total. The monoisotopic (exact) mass is 797 g/mol. The molecule has 0 bridgehead atoms. The lowest BCUT2D eigenvalue weighted by Crippen LogP contribution is -2.60. The van der Waals surface area contributed by atoms with E-state index in [2.05, 4.69) is 42.5 Å². The Hall–Kier alpha value is -4.40. The fraction of sp³-hybridized carbons (Fsp3) is 0.778. The maximum absolute atomic E-state index is 13.8. The second kappa shape index (κ2) is 26.5. The Kier molecular flexibility index (Phi) is 23.4. The van der Waals surface area contributed by atoms with Crippen LogP contribution >= 0.6 is 0 Å². The number of nitrogens with one attached hydrogen (secondary N) is 8. The van der Waals surface area contributed by atoms with E-state index in [1.807, 2.05) is 27.7 Å². The van der Waals surface area contributed by atoms with E-state index in [1.54, 1.807) is 6.92 Å². The van der Waals surface area contributed by atoms with Crippen molar-refractivity contribution in [1.29, 1.82) is 0 Å². The van der Waals surface area contributed by atoms with E-state index < -0.39 is 89.6 Å². The topological polar surface area (TPSA) is 337 Å². The molecule has 0 aliphatic carbocycles. The third-order valence-corrected chi connectivity index (χ3v) is 8.98. The van der Waals surface area contributed by atoms with Gasteiger partial charge in [-0.05, 0) is 89.4 Å². The zero-order valence-electron chi connectivity index (χ0n) is 33.7. The highest BCUT2D eigenvalue weighted by Gasteiger charge is 2.34. The second-order valence-corrected chi connectivity index (χ2v) is 14.9. The first kappa shape index (κ1) is 49.6. The molecule has 1 rings (SSSR count). The molecule has 320 valence electrons. The molecule has 56 heavy (non-hydrogen) atoms. The Balaban J connectivity index is 3.71. The van der Waals surface area contributed by atoms with Crippen LogP contribution in [0.1, 0.15) is 92.4 Å². The average molecular weight is 797 g/mol. The molecule has 0 aromatic rings. The van der Waals surface area contributed by atoms with Crippen LogP contribution in [-0.2, 0) is 38.4 Å². The molecular formula is C36H68N12O8. The van der Waals surface area contributed by atoms with E-state index in [4.69, 9.17) is 22.9 Å². The fourth-order valence-corrected chi connectivity index (χ4v) is 5.96. The summed E-state index contributed by atoms with van der Waals surface area (Å²) in [7, 11) is 0. The summed E-state index contributed by atoms with van der Waals surface area (Å²) in [6.45, 7) is 9.12. The molecule has 1 saturated heterocycles. The molecule has 0 spiro atoms. The number of carbonyl (C=O) groups is 8. The molecule has 0 aromatic heterocycles. The Bertz CT molecular complexity index is 1320. The first-order valence-corrected chi connectivity index (χ1v) is 19.7. The van der Waals surface area contributed by atoms with Crippen molar-refractivity contribution in [3.63, 3.8) is 0 Å². The average Bonchev–Trinajstić information content (AvgIpc) is 3.13. The highest BCUT2D eigenvalue weighted by molar-refractivity contribution is 5.97. The van der Waals surface area contributed by atoms with E-state index in [0.717, 1.165) is 0 Å². The molecule has 1 aliphatic heterocycles. The van der Waals surface area contributed by atoms with Crippen LogP contribution in [0.15, 0.2) is 0 Å². The smallest absolute Gasteiger partial charge is 0.243 e. The van der Waals surface area contributed by atoms with Crippen molar-refractivity contribution in [1.82, 2.24) is 42.5 Å². The van der Waals surface area contributed by atoms with Crippen LogP contribution in [0.2, 0.25) is 0 Å². The van der Waals surface area contributed by atoms with Gasteiger partial charge >= 0.3 is 0 Å². The normalized spacial score (nSPS) is 25.6. The molecule has 20 nitrogen and oxygen atoms in total. The summed E-state index contributed by atoms with van der Waals surface area (Å²) in [5.74, 6) is -5.51. The maximum atomic E-state index is 13.8. The zero-order chi connectivity index (χ0) is 42.4. The lowest BCUT2D eigenvalue weighted by molar-refractivity contribution is -0.136. The third kappa shape index (κ3) is 18.0. The van der Waals surface area contributed by atoms with Crippen LogP contribution in [0.5, 0.6) is 0 Å². The van der Waals surface area contributed by atoms with Crippen molar-refractivity contribution in [2.45, 2.75) is 135 Å². The molecule has 1 unspecified atom stereocenters. The van der Waals surface area contributed by atoms with E-state index in [1.165, 1.54) is 0 Å². The zero-order valence-corrected chi connectivity index (χ0v) is 33.7. The maximum Gasteiger partial charge on any atom is 0.243 e. The van der Waals surface area contributed by atoms with Gasteiger partial charge in [0.25, 0.3) is 0 Å². The molecule has 20 heteroatoms. The first-order chi connectivity index (χ1) is 26.5. The molecular weight excluding hydrogens is 728 g/mol. The van der Waals surface area contributed by atoms with Crippen molar-refractivity contribution in [3.05, 3.63) is 0 Å². The minimum Gasteiger partial charge on any atom is -0.354 e. The third-order valence-electron chi connectivity index (χ3n) is 8.98. The van der Waals surface area contributed by atoms with Gasteiger partial charge in [-0.25, -0.2) is 0 Å². The van der Waals surface area contributed by atoms with Crippen molar-refractivity contribution in [2.24, 2.45) is 34.8 Å². The van der Waals surface area contributed by atoms with E-state index in [0.29, 0.717) is 6.42 Å². The number of rotatable bonds is 15. The highest BCUT2D eigenvalue weighted by atomic mass is 16.2. The quantitative estimate of drug-likeness (QED) is 0.0759. The van der Waals surface area contributed by atoms with Gasteiger partial charge in [-0.15, -0.1) is 0 Å². The number of amides is 8. The predicted octanol–water partition coefficient (Wildman–Crippen LogP) is -3.81. The molecule has 1 heterocycles. The standard InChI is InChI=1S/C36H68N12O8/c1-6-22-30(50)41-17-12-26(42-29(49)8-7-13-37)34(54)45-25(11-16-40)33(53)47-28(19-21(4)5)36(56)48-27(18-20(2)3)35(55)46-24(10-15-39)32(52)44-23(9-14-38)31(51)43-22/h20-28H,6-19,37-40H2,1-5H3,(H,41,50)(H,42,49)(H,43,51)(H,44,52)(H,45,54)(H,46,55)(H,47,53)(H,48,56)/t22-,23-,24-,25-,26?,27-,28+/m0/s1. The van der Waals surface area contributed by atoms with E-state index in [-0.39, 0.29) is 95.9 Å². The summed E-state index contributed by atoms with van der Waals surface area (Å²) in [5.41, 5.74) is 22.9. The van der Waals surface area contributed by atoms with Gasteiger partial charge in [0.2, 0.25) is 47.3 Å². The largest absolute Gasteiger partial charge is 0.354 e. The number of carbonyl (C=O) groups excluding carboxylic acids is 8. The summed E-state index contributed by atoms with van der Waals surface area (Å²) < 4.78 is 0. The van der Waals surface area contributed by atoms with Crippen molar-refractivity contribution in [3.8, 4) is 0 Å². The van der Waals surface area contributed by atoms with Gasteiger partial charge in [-0.1, -0.05) is 34.6 Å². The Morgan fingerprint density at radius 2 is 0.946 bits per heavy atom. The van der Waals surface area contributed by atoms with Crippen LogP contribution in [0, 0.1) is 11.8 Å². The van der Waals surface area contributed by atoms with E-state index in [9.17, 15) is 38.4 Å². The van der Waals surface area contributed by atoms with Crippen LogP contribution < -0.4 is 65.5 Å². The van der Waals surface area contributed by atoms with Crippen LogP contribution in [0.25, 0.3) is 0 Å². The minimum atomic E-state index is -1.22. The van der Waals surface area contributed by atoms with Gasteiger partial charge in [0, 0.05) is 13.0 Å². The number of hydrogen-bond acceptors (Lipinski definition) is 12. The molecule has 1 aliphatic rings. The van der Waals surface area contributed by atoms with Gasteiger partial charge in [0.1, 0.15) is 42.3 Å². The van der Waals surface area contributed by atoms with Gasteiger partial charge < -0.3 is 65.5 Å². The molecule has 7 atom stereocenters. The second-order valence-electron chi connectivity index (χ2n) is 14.9. The Morgan fingerprint density at radius 1 is 0.571 bits per heavy atom. The number of hydrogen-bond donors (Lipinski definition) is 12. The lowest BCUT2D eigenvalue weighted by Gasteiger charge is -2.28. The summed E-state index contributed by atoms with van der Waals surface area (Å²) in [6, 6.07) is -8.15. The van der Waals surface area contributed by atoms with Crippen LogP contribution in [0.4, 0.5) is 0 Å². The molecule has 0 radical (unpaired) electrons. The summed E-state index contributed by atoms with van der Waals surface area (Å²) in [5, 5.41) is 21.3. The summed E-state index contributed by atoms with van der Waals surface area (Å²) in [4.78, 5) is 108. The van der Waals surface area contributed by atoms with Gasteiger partial charge in [-0.2, -0.15) is 0 Å². The SMILES string of the molecule is CC[C@@H]1NC(=O)[C@H](CCN)NC(=O)[C@H](CCN)NC(=O)[C@H](CC(C)C)NC(=O)[C@@H](CC(C)C)NC(=O)[C@H](CCN)NC(=O)C(NC(=O)CCCN)CCNC1=O. The minimum absolute atomic E-state index is 0.000292. The van der Waals surface area contributed by atoms with Gasteiger partial charge in [0.15, 0.2) is 0 Å². The van der Waals surface area contributed by atoms with Crippen molar-refractivity contribution >= 4 is 47.3 Å². The van der Waals surface area contributed by atoms with Crippen molar-refractivity contribution < 1.29 is 38.4 Å². The molecule has 0 aromatic carbocycles. The fourth-order valence-electron chi connectivity index (χ4n) is 5.96. The Morgan fingerprint density at radius 3 is 1.32 bits per heavy atom. The van der Waals surface area contributed by atoms with Crippen LogP contribution in [-0.4, -0.2) is 122 Å². The molecule has 8 amide bonds. The summed E-state index contributed by atoms with van der Waals surface area (Å²) in [6.07, 6.45) is 0.735. The summed E-state index contributed by atoms with van der Waals surface area (Å²) >= 11 is 0. The highest BCUT2D eigenvalue weighted by Crippen LogP contribution is 2.11. The van der Waals surface area contributed by atoms with E-state index >= 15 is 0 Å². The lowest BCUT2D eigenvalue weighted by atomic mass is 9.99. The van der Waals surface area contributed by atoms with Gasteiger partial charge in [0.05, 0.1) is 0 Å². The number of nitrogens with two attached hydrogens (primary N) is 4. The van der Waals surface area contributed by atoms with Crippen LogP contribution in [0.3, 0.4) is 0 Å². The Labute approximate surface area is 330 Å². The molecule has 0 saturated carbocycles. The van der Waals surface area contributed by atoms with Gasteiger partial charge in [-0.3, -0.25) is 38.4 Å². The molecule has 1 fully saturated rings.